The van der Waals surface area contributed by atoms with E-state index < -0.39 is 11.5 Å². The van der Waals surface area contributed by atoms with Crippen molar-refractivity contribution in [2.45, 2.75) is 63.3 Å². The van der Waals surface area contributed by atoms with Gasteiger partial charge in [-0.1, -0.05) is 25.7 Å². The monoisotopic (exact) mass is 256 g/mol. The number of nitrogens with one attached hydrogen (secondary N) is 1. The fourth-order valence-electron chi connectivity index (χ4n) is 2.37. The second kappa shape index (κ2) is 7.36. The van der Waals surface area contributed by atoms with Crippen LogP contribution in [-0.4, -0.2) is 29.1 Å². The average Bonchev–Trinajstić information content (AvgIpc) is 2.75. The smallest absolute Gasteiger partial charge is 0.303 e. The summed E-state index contributed by atoms with van der Waals surface area (Å²) in [5.74, 6) is -0.764. The Labute approximate surface area is 108 Å². The molecule has 5 nitrogen and oxygen atoms in total. The molecule has 1 aliphatic rings. The highest BCUT2D eigenvalue weighted by Gasteiger charge is 2.36. The van der Waals surface area contributed by atoms with Gasteiger partial charge in [-0.15, -0.1) is 0 Å². The first kappa shape index (κ1) is 15.0. The average molecular weight is 256 g/mol. The van der Waals surface area contributed by atoms with Crippen molar-refractivity contribution in [1.82, 2.24) is 5.32 Å². The van der Waals surface area contributed by atoms with Crippen molar-refractivity contribution in [3.8, 4) is 0 Å². The highest BCUT2D eigenvalue weighted by Crippen LogP contribution is 2.27. The van der Waals surface area contributed by atoms with Gasteiger partial charge in [-0.25, -0.2) is 0 Å². The molecular formula is C13H24N2O3. The lowest BCUT2D eigenvalue weighted by Gasteiger charge is -2.22. The van der Waals surface area contributed by atoms with E-state index >= 15 is 0 Å². The van der Waals surface area contributed by atoms with E-state index in [1.54, 1.807) is 0 Å². The number of hydrogen-bond acceptors (Lipinski definition) is 3. The minimum atomic E-state index is -0.741. The molecule has 1 rings (SSSR count). The number of unbranched alkanes of at least 4 members (excludes halogenated alkanes) is 3. The van der Waals surface area contributed by atoms with Gasteiger partial charge in [-0.3, -0.25) is 9.59 Å². The summed E-state index contributed by atoms with van der Waals surface area (Å²) in [4.78, 5) is 22.1. The third kappa shape index (κ3) is 5.04. The lowest BCUT2D eigenvalue weighted by Crippen LogP contribution is -2.52. The molecule has 0 aromatic rings. The largest absolute Gasteiger partial charge is 0.481 e. The summed E-state index contributed by atoms with van der Waals surface area (Å²) in [6.45, 7) is 0.644. The molecule has 0 unspecified atom stereocenters. The predicted octanol–water partition coefficient (Wildman–Crippen LogP) is 1.41. The Kier molecular flexibility index (Phi) is 6.12. The third-order valence-corrected chi connectivity index (χ3v) is 3.55. The zero-order valence-electron chi connectivity index (χ0n) is 10.9. The summed E-state index contributed by atoms with van der Waals surface area (Å²) in [7, 11) is 0. The van der Waals surface area contributed by atoms with E-state index in [1.165, 1.54) is 0 Å². The van der Waals surface area contributed by atoms with Gasteiger partial charge in [0, 0.05) is 13.0 Å². The molecule has 4 N–H and O–H groups in total. The lowest BCUT2D eigenvalue weighted by atomic mass is 9.98. The van der Waals surface area contributed by atoms with E-state index in [9.17, 15) is 9.59 Å². The van der Waals surface area contributed by atoms with Crippen LogP contribution in [0.4, 0.5) is 0 Å². The number of carbonyl (C=O) groups is 2. The van der Waals surface area contributed by atoms with Crippen molar-refractivity contribution in [3.05, 3.63) is 0 Å². The van der Waals surface area contributed by atoms with Crippen molar-refractivity contribution in [2.24, 2.45) is 5.73 Å². The molecule has 0 spiro atoms. The van der Waals surface area contributed by atoms with Crippen LogP contribution in [0.25, 0.3) is 0 Å². The number of aliphatic carboxylic acids is 1. The molecule has 0 aliphatic heterocycles. The molecule has 0 radical (unpaired) electrons. The molecule has 5 heteroatoms. The van der Waals surface area contributed by atoms with Gasteiger partial charge in [0.2, 0.25) is 5.91 Å². The van der Waals surface area contributed by atoms with Crippen molar-refractivity contribution >= 4 is 11.9 Å². The van der Waals surface area contributed by atoms with Gasteiger partial charge < -0.3 is 16.2 Å². The van der Waals surface area contributed by atoms with Crippen LogP contribution in [0.5, 0.6) is 0 Å². The summed E-state index contributed by atoms with van der Waals surface area (Å²) in [6, 6.07) is 0. The molecule has 1 aliphatic carbocycles. The minimum absolute atomic E-state index is 0.0227. The molecule has 18 heavy (non-hydrogen) atoms. The highest BCUT2D eigenvalue weighted by atomic mass is 16.4. The number of carboxylic acids is 1. The van der Waals surface area contributed by atoms with Crippen LogP contribution in [0.2, 0.25) is 0 Å². The van der Waals surface area contributed by atoms with Crippen LogP contribution in [0.1, 0.15) is 57.8 Å². The lowest BCUT2D eigenvalue weighted by molar-refractivity contribution is -0.137. The van der Waals surface area contributed by atoms with Crippen LogP contribution < -0.4 is 11.1 Å². The number of nitrogens with two attached hydrogens (primary N) is 1. The maximum absolute atomic E-state index is 11.8. The molecule has 0 heterocycles. The van der Waals surface area contributed by atoms with Crippen molar-refractivity contribution in [2.75, 3.05) is 6.54 Å². The molecule has 0 atom stereocenters. The standard InChI is InChI=1S/C13H24N2O3/c14-13(8-4-5-9-13)12(18)15-10-6-2-1-3-7-11(16)17/h1-10,14H2,(H,15,18)(H,16,17). The molecule has 0 saturated heterocycles. The zero-order chi connectivity index (χ0) is 13.4. The Bertz CT molecular complexity index is 286. The van der Waals surface area contributed by atoms with Crippen molar-refractivity contribution in [3.63, 3.8) is 0 Å². The Balaban J connectivity index is 2.00. The van der Waals surface area contributed by atoms with Crippen LogP contribution in [-0.2, 0) is 9.59 Å². The van der Waals surface area contributed by atoms with E-state index in [-0.39, 0.29) is 12.3 Å². The maximum Gasteiger partial charge on any atom is 0.303 e. The van der Waals surface area contributed by atoms with Gasteiger partial charge >= 0.3 is 5.97 Å². The van der Waals surface area contributed by atoms with Crippen molar-refractivity contribution in [1.29, 1.82) is 0 Å². The van der Waals surface area contributed by atoms with Gasteiger partial charge in [0.05, 0.1) is 5.54 Å². The van der Waals surface area contributed by atoms with Crippen molar-refractivity contribution < 1.29 is 14.7 Å². The second-order valence-electron chi connectivity index (χ2n) is 5.18. The summed E-state index contributed by atoms with van der Waals surface area (Å²) < 4.78 is 0. The SMILES string of the molecule is NC1(C(=O)NCCCCCCC(=O)O)CCCC1. The van der Waals surface area contributed by atoms with Gasteiger partial charge in [0.1, 0.15) is 0 Å². The zero-order valence-corrected chi connectivity index (χ0v) is 10.9. The number of amides is 1. The minimum Gasteiger partial charge on any atom is -0.481 e. The molecule has 104 valence electrons. The summed E-state index contributed by atoms with van der Waals surface area (Å²) >= 11 is 0. The van der Waals surface area contributed by atoms with Gasteiger partial charge in [-0.2, -0.15) is 0 Å². The third-order valence-electron chi connectivity index (χ3n) is 3.55. The first-order valence-corrected chi connectivity index (χ1v) is 6.83. The molecule has 1 fully saturated rings. The fourth-order valence-corrected chi connectivity index (χ4v) is 2.37. The van der Waals surface area contributed by atoms with E-state index in [0.29, 0.717) is 13.0 Å². The van der Waals surface area contributed by atoms with E-state index in [2.05, 4.69) is 5.32 Å². The van der Waals surface area contributed by atoms with E-state index in [1.807, 2.05) is 0 Å². The molecule has 1 amide bonds. The Morgan fingerprint density at radius 2 is 1.72 bits per heavy atom. The van der Waals surface area contributed by atoms with Gasteiger partial charge in [0.15, 0.2) is 0 Å². The first-order chi connectivity index (χ1) is 8.54. The number of carbonyl (C=O) groups excluding carboxylic acids is 1. The van der Waals surface area contributed by atoms with Crippen LogP contribution in [0, 0.1) is 0 Å². The summed E-state index contributed by atoms with van der Waals surface area (Å²) in [5, 5.41) is 11.4. The van der Waals surface area contributed by atoms with Crippen LogP contribution in [0.3, 0.4) is 0 Å². The quantitative estimate of drug-likeness (QED) is 0.572. The van der Waals surface area contributed by atoms with Crippen LogP contribution >= 0.6 is 0 Å². The highest BCUT2D eigenvalue weighted by molar-refractivity contribution is 5.86. The number of hydrogen-bond donors (Lipinski definition) is 3. The molecule has 1 saturated carbocycles. The number of rotatable bonds is 8. The van der Waals surface area contributed by atoms with E-state index in [4.69, 9.17) is 10.8 Å². The Morgan fingerprint density at radius 3 is 2.33 bits per heavy atom. The Hall–Kier alpha value is -1.10. The maximum atomic E-state index is 11.8. The molecule has 0 bridgehead atoms. The Morgan fingerprint density at radius 1 is 1.11 bits per heavy atom. The number of carboxylic acid groups (broad SMARTS) is 1. The molecule has 0 aromatic carbocycles. The predicted molar refractivity (Wildman–Crippen MR) is 69.1 cm³/mol. The van der Waals surface area contributed by atoms with Gasteiger partial charge in [-0.05, 0) is 25.7 Å². The normalized spacial score (nSPS) is 17.6. The summed E-state index contributed by atoms with van der Waals surface area (Å²) in [6.07, 6.45) is 7.35. The molecule has 0 aromatic heterocycles. The second-order valence-corrected chi connectivity index (χ2v) is 5.18. The topological polar surface area (TPSA) is 92.4 Å². The van der Waals surface area contributed by atoms with E-state index in [0.717, 1.165) is 44.9 Å². The molecular weight excluding hydrogens is 232 g/mol. The fraction of sp³-hybridized carbons (Fsp3) is 0.846. The summed E-state index contributed by atoms with van der Waals surface area (Å²) in [5.41, 5.74) is 5.39. The van der Waals surface area contributed by atoms with Crippen LogP contribution in [0.15, 0.2) is 0 Å². The first-order valence-electron chi connectivity index (χ1n) is 6.83. The van der Waals surface area contributed by atoms with Gasteiger partial charge in [0.25, 0.3) is 0 Å².